The Morgan fingerprint density at radius 1 is 1.15 bits per heavy atom. The highest BCUT2D eigenvalue weighted by molar-refractivity contribution is 7.80. The quantitative estimate of drug-likeness (QED) is 0.457. The third kappa shape index (κ3) is 3.52. The first kappa shape index (κ1) is 19.6. The highest BCUT2D eigenvalue weighted by Gasteiger charge is 2.35. The highest BCUT2D eigenvalue weighted by Crippen LogP contribution is 2.30. The number of nitrogens with zero attached hydrogens (tertiary/aromatic N) is 2. The van der Waals surface area contributed by atoms with Crippen LogP contribution in [0.5, 0.6) is 0 Å². The van der Waals surface area contributed by atoms with E-state index < -0.39 is 11.8 Å². The van der Waals surface area contributed by atoms with E-state index in [1.54, 1.807) is 18.2 Å². The lowest BCUT2D eigenvalue weighted by Crippen LogP contribution is -2.54. The van der Waals surface area contributed by atoms with Gasteiger partial charge in [0.1, 0.15) is 5.57 Å². The second kappa shape index (κ2) is 7.46. The van der Waals surface area contributed by atoms with Crippen LogP contribution in [0.3, 0.4) is 0 Å². The van der Waals surface area contributed by atoms with Crippen LogP contribution in [0.2, 0.25) is 10.0 Å². The molecule has 1 aliphatic rings. The molecule has 2 heterocycles. The van der Waals surface area contributed by atoms with E-state index in [1.807, 2.05) is 26.8 Å². The van der Waals surface area contributed by atoms with Crippen LogP contribution in [-0.2, 0) is 16.1 Å². The minimum absolute atomic E-state index is 0.000398. The van der Waals surface area contributed by atoms with Crippen molar-refractivity contribution in [2.75, 3.05) is 4.90 Å². The van der Waals surface area contributed by atoms with Gasteiger partial charge in [-0.2, -0.15) is 0 Å². The van der Waals surface area contributed by atoms with Gasteiger partial charge < -0.3 is 4.57 Å². The molecule has 27 heavy (non-hydrogen) atoms. The summed E-state index contributed by atoms with van der Waals surface area (Å²) in [6.07, 6.45) is 1.60. The summed E-state index contributed by atoms with van der Waals surface area (Å²) in [4.78, 5) is 26.7. The maximum absolute atomic E-state index is 13.0. The number of aromatic nitrogens is 1. The molecule has 5 nitrogen and oxygen atoms in total. The average molecular weight is 422 g/mol. The number of aryl methyl sites for hydroxylation is 1. The number of hydrogen-bond donors (Lipinski definition) is 1. The van der Waals surface area contributed by atoms with E-state index in [4.69, 9.17) is 35.4 Å². The highest BCUT2D eigenvalue weighted by atomic mass is 35.5. The third-order valence-electron chi connectivity index (χ3n) is 4.49. The molecule has 1 aliphatic heterocycles. The topological polar surface area (TPSA) is 54.3 Å². The molecular formula is C19H17Cl2N3O2S. The van der Waals surface area contributed by atoms with Gasteiger partial charge in [-0.25, -0.2) is 0 Å². The van der Waals surface area contributed by atoms with Gasteiger partial charge in [-0.05, 0) is 68.9 Å². The number of anilines is 1. The summed E-state index contributed by atoms with van der Waals surface area (Å²) in [5.41, 5.74) is 3.30. The number of carbonyl (C=O) groups excluding carboxylic acids is 2. The molecule has 1 aromatic carbocycles. The minimum atomic E-state index is -0.525. The van der Waals surface area contributed by atoms with E-state index in [9.17, 15) is 9.59 Å². The van der Waals surface area contributed by atoms with Crippen LogP contribution in [0.25, 0.3) is 6.08 Å². The molecule has 1 aromatic heterocycles. The maximum Gasteiger partial charge on any atom is 0.270 e. The van der Waals surface area contributed by atoms with Crippen molar-refractivity contribution in [3.63, 3.8) is 0 Å². The number of amides is 2. The van der Waals surface area contributed by atoms with Crippen molar-refractivity contribution in [1.82, 2.24) is 9.88 Å². The molecule has 1 saturated heterocycles. The Hall–Kier alpha value is -2.15. The van der Waals surface area contributed by atoms with Crippen LogP contribution < -0.4 is 10.2 Å². The lowest BCUT2D eigenvalue weighted by molar-refractivity contribution is -0.122. The second-order valence-corrected chi connectivity index (χ2v) is 7.33. The number of nitrogens with one attached hydrogen (secondary N) is 1. The number of hydrogen-bond acceptors (Lipinski definition) is 3. The molecule has 0 spiro atoms. The van der Waals surface area contributed by atoms with E-state index in [0.717, 1.165) is 23.5 Å². The predicted molar refractivity (Wildman–Crippen MR) is 112 cm³/mol. The number of rotatable bonds is 3. The Kier molecular flexibility index (Phi) is 5.42. The van der Waals surface area contributed by atoms with Crippen LogP contribution >= 0.6 is 35.4 Å². The van der Waals surface area contributed by atoms with Gasteiger partial charge in [0.15, 0.2) is 5.11 Å². The lowest BCUT2D eigenvalue weighted by Gasteiger charge is -2.29. The molecule has 3 rings (SSSR count). The van der Waals surface area contributed by atoms with Crippen LogP contribution in [0.1, 0.15) is 23.9 Å². The summed E-state index contributed by atoms with van der Waals surface area (Å²) in [6, 6.07) is 6.68. The summed E-state index contributed by atoms with van der Waals surface area (Å²) < 4.78 is 2.11. The molecule has 0 radical (unpaired) electrons. The Labute approximate surface area is 172 Å². The first-order valence-corrected chi connectivity index (χ1v) is 9.44. The second-order valence-electron chi connectivity index (χ2n) is 6.13. The third-order valence-corrected chi connectivity index (χ3v) is 5.52. The number of benzene rings is 1. The van der Waals surface area contributed by atoms with Gasteiger partial charge in [-0.15, -0.1) is 0 Å². The zero-order valence-corrected chi connectivity index (χ0v) is 17.3. The van der Waals surface area contributed by atoms with Crippen molar-refractivity contribution in [1.29, 1.82) is 0 Å². The van der Waals surface area contributed by atoms with Gasteiger partial charge in [-0.1, -0.05) is 23.2 Å². The summed E-state index contributed by atoms with van der Waals surface area (Å²) in [5.74, 6) is -1.04. The van der Waals surface area contributed by atoms with Crippen molar-refractivity contribution in [3.05, 3.63) is 56.8 Å². The molecule has 0 bridgehead atoms. The molecule has 8 heteroatoms. The van der Waals surface area contributed by atoms with Gasteiger partial charge in [0.25, 0.3) is 11.8 Å². The monoisotopic (exact) mass is 421 g/mol. The summed E-state index contributed by atoms with van der Waals surface area (Å²) in [7, 11) is 0. The van der Waals surface area contributed by atoms with Gasteiger partial charge in [0, 0.05) is 17.9 Å². The van der Waals surface area contributed by atoms with E-state index in [-0.39, 0.29) is 10.7 Å². The smallest absolute Gasteiger partial charge is 0.270 e. The van der Waals surface area contributed by atoms with Crippen LogP contribution in [-0.4, -0.2) is 21.5 Å². The fourth-order valence-corrected chi connectivity index (χ4v) is 3.71. The van der Waals surface area contributed by atoms with E-state index in [0.29, 0.717) is 15.7 Å². The van der Waals surface area contributed by atoms with Gasteiger partial charge in [0.05, 0.1) is 15.7 Å². The lowest BCUT2D eigenvalue weighted by atomic mass is 10.1. The standard InChI is InChI=1S/C19H17Cl2N3O2S/c1-4-23-10(2)7-12(11(23)3)8-14-17(25)22-19(27)24(18(14)26)13-5-6-15(20)16(21)9-13/h5-9H,4H2,1-3H3,(H,22,25,27)/b14-8+. The summed E-state index contributed by atoms with van der Waals surface area (Å²) >= 11 is 17.2. The normalized spacial score (nSPS) is 16.3. The fraction of sp³-hybridized carbons (Fsp3) is 0.211. The molecule has 0 saturated carbocycles. The van der Waals surface area contributed by atoms with E-state index in [2.05, 4.69) is 9.88 Å². The van der Waals surface area contributed by atoms with E-state index >= 15 is 0 Å². The molecule has 140 valence electrons. The molecule has 2 amide bonds. The van der Waals surface area contributed by atoms with Gasteiger partial charge in [0.2, 0.25) is 0 Å². The van der Waals surface area contributed by atoms with Gasteiger partial charge in [-0.3, -0.25) is 19.8 Å². The van der Waals surface area contributed by atoms with Crippen LogP contribution in [0, 0.1) is 13.8 Å². The van der Waals surface area contributed by atoms with E-state index in [1.165, 1.54) is 11.0 Å². The average Bonchev–Trinajstić information content (AvgIpc) is 2.87. The van der Waals surface area contributed by atoms with Crippen molar-refractivity contribution in [3.8, 4) is 0 Å². The molecule has 0 atom stereocenters. The van der Waals surface area contributed by atoms with Crippen molar-refractivity contribution >= 4 is 64.1 Å². The summed E-state index contributed by atoms with van der Waals surface area (Å²) in [6.45, 7) is 6.79. The zero-order valence-electron chi connectivity index (χ0n) is 15.0. The fourth-order valence-electron chi connectivity index (χ4n) is 3.13. The van der Waals surface area contributed by atoms with Crippen molar-refractivity contribution in [2.45, 2.75) is 27.3 Å². The van der Waals surface area contributed by atoms with Crippen LogP contribution in [0.4, 0.5) is 5.69 Å². The maximum atomic E-state index is 13.0. The number of thiocarbonyl (C=S) groups is 1. The SMILES string of the molecule is CCn1c(C)cc(/C=C2\C(=O)NC(=S)N(c3ccc(Cl)c(Cl)c3)C2=O)c1C. The molecule has 1 N–H and O–H groups in total. The van der Waals surface area contributed by atoms with Crippen molar-refractivity contribution < 1.29 is 9.59 Å². The van der Waals surface area contributed by atoms with Crippen molar-refractivity contribution in [2.24, 2.45) is 0 Å². The van der Waals surface area contributed by atoms with Gasteiger partial charge >= 0.3 is 0 Å². The van der Waals surface area contributed by atoms with Crippen LogP contribution in [0.15, 0.2) is 29.8 Å². The molecule has 1 fully saturated rings. The minimum Gasteiger partial charge on any atom is -0.349 e. The summed E-state index contributed by atoms with van der Waals surface area (Å²) in [5, 5.41) is 3.22. The molecule has 2 aromatic rings. The first-order chi connectivity index (χ1) is 12.7. The number of carbonyl (C=O) groups is 2. The zero-order chi connectivity index (χ0) is 19.9. The predicted octanol–water partition coefficient (Wildman–Crippen LogP) is 4.26. The Balaban J connectivity index is 2.06. The number of halogens is 2. The molecule has 0 unspecified atom stereocenters. The Morgan fingerprint density at radius 3 is 2.44 bits per heavy atom. The Morgan fingerprint density at radius 2 is 1.85 bits per heavy atom. The molecule has 0 aliphatic carbocycles. The first-order valence-electron chi connectivity index (χ1n) is 8.27. The molecular weight excluding hydrogens is 405 g/mol. The Bertz CT molecular complexity index is 1010. The largest absolute Gasteiger partial charge is 0.349 e.